The fourth-order valence-electron chi connectivity index (χ4n) is 2.07. The largest absolute Gasteiger partial charge is 0.370 e. The highest BCUT2D eigenvalue weighted by Crippen LogP contribution is 2.25. The molecule has 0 amide bonds. The van der Waals surface area contributed by atoms with Gasteiger partial charge in [0.15, 0.2) is 5.82 Å². The molecule has 0 radical (unpaired) electrons. The summed E-state index contributed by atoms with van der Waals surface area (Å²) in [5, 5.41) is 20.3. The zero-order valence-corrected chi connectivity index (χ0v) is 11.7. The zero-order valence-electron chi connectivity index (χ0n) is 11.7. The van der Waals surface area contributed by atoms with Crippen LogP contribution in [0.25, 0.3) is 11.0 Å². The third-order valence-electron chi connectivity index (χ3n) is 2.95. The lowest BCUT2D eigenvalue weighted by Gasteiger charge is -2.07. The van der Waals surface area contributed by atoms with E-state index < -0.39 is 0 Å². The second-order valence-electron chi connectivity index (χ2n) is 4.46. The monoisotopic (exact) mass is 282 g/mol. The van der Waals surface area contributed by atoms with Crippen molar-refractivity contribution in [3.8, 4) is 6.07 Å². The molecule has 3 aromatic heterocycles. The maximum Gasteiger partial charge on any atom is 0.232 e. The molecule has 0 aromatic carbocycles. The number of aromatic amines is 1. The Hall–Kier alpha value is -3.08. The first kappa shape index (κ1) is 12.9. The molecule has 0 aliphatic heterocycles. The number of fused-ring (bicyclic) bond motifs is 1. The fourth-order valence-corrected chi connectivity index (χ4v) is 2.07. The van der Waals surface area contributed by atoms with Crippen LogP contribution in [0.4, 0.5) is 17.6 Å². The number of nitrogens with zero attached hydrogens (tertiary/aromatic N) is 5. The van der Waals surface area contributed by atoms with E-state index in [0.29, 0.717) is 40.7 Å². The van der Waals surface area contributed by atoms with Gasteiger partial charge in [0.05, 0.1) is 10.9 Å². The minimum Gasteiger partial charge on any atom is -0.370 e. The molecule has 3 heterocycles. The summed E-state index contributed by atoms with van der Waals surface area (Å²) in [7, 11) is 1.84. The molecule has 0 spiro atoms. The van der Waals surface area contributed by atoms with Gasteiger partial charge in [-0.15, -0.1) is 0 Å². The van der Waals surface area contributed by atoms with Gasteiger partial charge in [-0.2, -0.15) is 20.3 Å². The number of rotatable bonds is 4. The van der Waals surface area contributed by atoms with E-state index in [1.165, 1.54) is 0 Å². The van der Waals surface area contributed by atoms with Crippen LogP contribution in [-0.2, 0) is 7.05 Å². The van der Waals surface area contributed by atoms with Crippen molar-refractivity contribution in [2.24, 2.45) is 7.05 Å². The number of nitriles is 1. The van der Waals surface area contributed by atoms with Gasteiger partial charge >= 0.3 is 0 Å². The van der Waals surface area contributed by atoms with Crippen LogP contribution in [0.2, 0.25) is 0 Å². The topological polar surface area (TPSA) is 107 Å². The number of anilines is 3. The van der Waals surface area contributed by atoms with Crippen molar-refractivity contribution in [1.82, 2.24) is 24.7 Å². The molecule has 8 nitrogen and oxygen atoms in total. The van der Waals surface area contributed by atoms with E-state index in [9.17, 15) is 0 Å². The zero-order chi connectivity index (χ0) is 14.8. The first-order valence-corrected chi connectivity index (χ1v) is 6.51. The van der Waals surface area contributed by atoms with E-state index in [0.717, 1.165) is 0 Å². The summed E-state index contributed by atoms with van der Waals surface area (Å²) in [6, 6.07) is 3.96. The van der Waals surface area contributed by atoms with Crippen molar-refractivity contribution in [3.05, 3.63) is 24.0 Å². The van der Waals surface area contributed by atoms with Crippen molar-refractivity contribution in [2.45, 2.75) is 6.92 Å². The number of aryl methyl sites for hydroxylation is 1. The van der Waals surface area contributed by atoms with E-state index in [1.807, 2.05) is 26.2 Å². The Labute approximate surface area is 120 Å². The van der Waals surface area contributed by atoms with Crippen LogP contribution >= 0.6 is 0 Å². The molecule has 106 valence electrons. The average molecular weight is 282 g/mol. The SMILES string of the molecule is CCNc1nc(Nc2ccn(C)n2)nc2[nH]cc(C#N)c12. The predicted molar refractivity (Wildman–Crippen MR) is 79.3 cm³/mol. The number of hydrogen-bond donors (Lipinski definition) is 3. The Balaban J connectivity index is 2.06. The number of nitrogens with one attached hydrogen (secondary N) is 3. The number of hydrogen-bond acceptors (Lipinski definition) is 6. The normalized spacial score (nSPS) is 10.5. The molecular weight excluding hydrogens is 268 g/mol. The molecule has 3 rings (SSSR count). The lowest BCUT2D eigenvalue weighted by Crippen LogP contribution is -2.05. The predicted octanol–water partition coefficient (Wildman–Crippen LogP) is 1.74. The molecule has 0 saturated heterocycles. The van der Waals surface area contributed by atoms with Gasteiger partial charge in [-0.25, -0.2) is 0 Å². The fraction of sp³-hybridized carbons (Fsp3) is 0.231. The quantitative estimate of drug-likeness (QED) is 0.672. The molecule has 8 heteroatoms. The van der Waals surface area contributed by atoms with Gasteiger partial charge in [0.2, 0.25) is 5.95 Å². The first-order chi connectivity index (χ1) is 10.2. The second kappa shape index (κ2) is 5.13. The van der Waals surface area contributed by atoms with Gasteiger partial charge in [0.25, 0.3) is 0 Å². The second-order valence-corrected chi connectivity index (χ2v) is 4.46. The Morgan fingerprint density at radius 3 is 2.95 bits per heavy atom. The minimum atomic E-state index is 0.420. The maximum absolute atomic E-state index is 9.14. The van der Waals surface area contributed by atoms with E-state index >= 15 is 0 Å². The van der Waals surface area contributed by atoms with Crippen LogP contribution < -0.4 is 10.6 Å². The number of H-pyrrole nitrogens is 1. The summed E-state index contributed by atoms with van der Waals surface area (Å²) in [6.45, 7) is 2.67. The molecule has 21 heavy (non-hydrogen) atoms. The van der Waals surface area contributed by atoms with Gasteiger partial charge in [-0.05, 0) is 6.92 Å². The van der Waals surface area contributed by atoms with Crippen LogP contribution in [0.3, 0.4) is 0 Å². The van der Waals surface area contributed by atoms with Crippen molar-refractivity contribution >= 4 is 28.6 Å². The Morgan fingerprint density at radius 1 is 1.43 bits per heavy atom. The van der Waals surface area contributed by atoms with Crippen molar-refractivity contribution in [2.75, 3.05) is 17.2 Å². The lowest BCUT2D eigenvalue weighted by molar-refractivity contribution is 0.771. The van der Waals surface area contributed by atoms with E-state index in [2.05, 4.69) is 36.8 Å². The van der Waals surface area contributed by atoms with E-state index in [-0.39, 0.29) is 0 Å². The highest BCUT2D eigenvalue weighted by molar-refractivity contribution is 5.93. The van der Waals surface area contributed by atoms with Crippen molar-refractivity contribution in [1.29, 1.82) is 5.26 Å². The van der Waals surface area contributed by atoms with E-state index in [4.69, 9.17) is 5.26 Å². The highest BCUT2D eigenvalue weighted by Gasteiger charge is 2.13. The highest BCUT2D eigenvalue weighted by atomic mass is 15.3. The van der Waals surface area contributed by atoms with Crippen LogP contribution in [0, 0.1) is 11.3 Å². The van der Waals surface area contributed by atoms with Crippen LogP contribution in [0.15, 0.2) is 18.5 Å². The third kappa shape index (κ3) is 2.36. The molecule has 3 aromatic rings. The average Bonchev–Trinajstić information content (AvgIpc) is 3.05. The van der Waals surface area contributed by atoms with Gasteiger partial charge in [0, 0.05) is 32.1 Å². The standard InChI is InChI=1S/C13H14N8/c1-3-15-11-10-8(6-14)7-16-12(10)19-13(18-11)17-9-4-5-21(2)20-9/h4-5,7H,3H2,1-2H3,(H3,15,16,17,18,19,20). The van der Waals surface area contributed by atoms with Crippen LogP contribution in [0.1, 0.15) is 12.5 Å². The third-order valence-corrected chi connectivity index (χ3v) is 2.95. The molecule has 0 unspecified atom stereocenters. The summed E-state index contributed by atoms with van der Waals surface area (Å²) in [6.07, 6.45) is 3.46. The molecular formula is C13H14N8. The summed E-state index contributed by atoms with van der Waals surface area (Å²) in [5.74, 6) is 1.70. The Morgan fingerprint density at radius 2 is 2.29 bits per heavy atom. The number of aromatic nitrogens is 5. The van der Waals surface area contributed by atoms with Crippen molar-refractivity contribution in [3.63, 3.8) is 0 Å². The molecule has 0 aliphatic rings. The van der Waals surface area contributed by atoms with Gasteiger partial charge in [-0.1, -0.05) is 0 Å². The molecule has 0 saturated carbocycles. The summed E-state index contributed by atoms with van der Waals surface area (Å²) < 4.78 is 1.69. The smallest absolute Gasteiger partial charge is 0.232 e. The van der Waals surface area contributed by atoms with Crippen LogP contribution in [-0.4, -0.2) is 31.3 Å². The maximum atomic E-state index is 9.14. The minimum absolute atomic E-state index is 0.420. The molecule has 0 bridgehead atoms. The van der Waals surface area contributed by atoms with Crippen molar-refractivity contribution < 1.29 is 0 Å². The summed E-state index contributed by atoms with van der Waals surface area (Å²) >= 11 is 0. The Kier molecular flexibility index (Phi) is 3.16. The van der Waals surface area contributed by atoms with Crippen LogP contribution in [0.5, 0.6) is 0 Å². The molecule has 3 N–H and O–H groups in total. The molecule has 0 fully saturated rings. The Bertz CT molecular complexity index is 822. The van der Waals surface area contributed by atoms with Gasteiger partial charge in [-0.3, -0.25) is 4.68 Å². The first-order valence-electron chi connectivity index (χ1n) is 6.51. The van der Waals surface area contributed by atoms with E-state index in [1.54, 1.807) is 10.9 Å². The van der Waals surface area contributed by atoms with Gasteiger partial charge < -0.3 is 15.6 Å². The molecule has 0 aliphatic carbocycles. The summed E-state index contributed by atoms with van der Waals surface area (Å²) in [4.78, 5) is 11.8. The van der Waals surface area contributed by atoms with Gasteiger partial charge in [0.1, 0.15) is 17.5 Å². The summed E-state index contributed by atoms with van der Waals surface area (Å²) in [5.41, 5.74) is 1.13. The lowest BCUT2D eigenvalue weighted by atomic mass is 10.2. The molecule has 0 atom stereocenters.